The molecule has 0 radical (unpaired) electrons. The summed E-state index contributed by atoms with van der Waals surface area (Å²) in [6.45, 7) is 1.90. The van der Waals surface area contributed by atoms with Gasteiger partial charge in [0.1, 0.15) is 5.56 Å². The molecule has 0 amide bonds. The van der Waals surface area contributed by atoms with E-state index in [-0.39, 0.29) is 0 Å². The van der Waals surface area contributed by atoms with Gasteiger partial charge in [-0.1, -0.05) is 6.07 Å². The second-order valence-corrected chi connectivity index (χ2v) is 1.84. The molecule has 0 unspecified atom stereocenters. The lowest BCUT2D eigenvalue weighted by Crippen LogP contribution is -1.65. The summed E-state index contributed by atoms with van der Waals surface area (Å²) in [5, 5.41) is 0. The number of rotatable bonds is 1. The molecule has 0 aliphatic rings. The van der Waals surface area contributed by atoms with Crippen LogP contribution in [0, 0.1) is 6.08 Å². The van der Waals surface area contributed by atoms with Crippen molar-refractivity contribution < 1.29 is 0 Å². The van der Waals surface area contributed by atoms with Gasteiger partial charge in [-0.25, -0.2) is 0 Å². The molecule has 0 nitrogen and oxygen atoms in total. The molecule has 0 aliphatic carbocycles. The molecule has 0 heteroatoms. The third-order valence-corrected chi connectivity index (χ3v) is 1.11. The second-order valence-electron chi connectivity index (χ2n) is 1.84. The third kappa shape index (κ3) is 1.67. The first-order chi connectivity index (χ1) is 4.43. The average Bonchev–Trinajstić information content (AvgIpc) is 1.91. The Balaban J connectivity index is 2.85. The molecule has 0 spiro atoms. The zero-order valence-corrected chi connectivity index (χ0v) is 5.46. The molecule has 0 heterocycles. The van der Waals surface area contributed by atoms with Crippen LogP contribution in [0.4, 0.5) is 0 Å². The van der Waals surface area contributed by atoms with E-state index in [0.29, 0.717) is 0 Å². The predicted octanol–water partition coefficient (Wildman–Crippen LogP) is 2.52. The Labute approximate surface area is 55.8 Å². The van der Waals surface area contributed by atoms with Gasteiger partial charge in [0, 0.05) is 12.1 Å². The van der Waals surface area contributed by atoms with Crippen LogP contribution >= 0.6 is 0 Å². The minimum Gasteiger partial charge on any atom is -0.0586 e. The van der Waals surface area contributed by atoms with Crippen molar-refractivity contribution in [3.05, 3.63) is 42.0 Å². The second kappa shape index (κ2) is 3.01. The zero-order chi connectivity index (χ0) is 6.53. The number of allylic oxidation sites excluding steroid dienone is 1. The van der Waals surface area contributed by atoms with Gasteiger partial charge in [0.25, 0.3) is 0 Å². The summed E-state index contributed by atoms with van der Waals surface area (Å²) in [5.41, 5.74) is 1.21. The Bertz CT molecular complexity index is 184. The third-order valence-electron chi connectivity index (χ3n) is 1.11. The van der Waals surface area contributed by atoms with E-state index in [4.69, 9.17) is 0 Å². The first kappa shape index (κ1) is 6.00. The van der Waals surface area contributed by atoms with Gasteiger partial charge in [-0.2, -0.15) is 0 Å². The highest BCUT2D eigenvalue weighted by atomic mass is 13.8. The molecule has 44 valence electrons. The van der Waals surface area contributed by atoms with E-state index in [0.717, 1.165) is 0 Å². The largest absolute Gasteiger partial charge is 0.161 e. The Hall–Kier alpha value is -1.13. The van der Waals surface area contributed by atoms with E-state index in [1.165, 1.54) is 5.56 Å². The molecule has 1 rings (SSSR count). The van der Waals surface area contributed by atoms with Crippen molar-refractivity contribution in [2.75, 3.05) is 0 Å². The number of hydrogen-bond donors (Lipinski definition) is 0. The molecular formula is C9H9+. The van der Waals surface area contributed by atoms with Crippen LogP contribution in [0.25, 0.3) is 6.08 Å². The monoisotopic (exact) mass is 117 g/mol. The minimum atomic E-state index is 1.21. The predicted molar refractivity (Wildman–Crippen MR) is 39.8 cm³/mol. The summed E-state index contributed by atoms with van der Waals surface area (Å²) in [5.74, 6) is 0. The van der Waals surface area contributed by atoms with Gasteiger partial charge in [-0.3, -0.25) is 0 Å². The lowest BCUT2D eigenvalue weighted by molar-refractivity contribution is 1.62. The van der Waals surface area contributed by atoms with Crippen molar-refractivity contribution in [2.45, 2.75) is 6.92 Å². The van der Waals surface area contributed by atoms with E-state index in [1.54, 1.807) is 0 Å². The van der Waals surface area contributed by atoms with Gasteiger partial charge in [0.2, 0.25) is 0 Å². The molecule has 0 saturated carbocycles. The highest BCUT2D eigenvalue weighted by Crippen LogP contribution is 1.98. The quantitative estimate of drug-likeness (QED) is 0.496. The normalized spacial score (nSPS) is 9.44. The molecule has 9 heavy (non-hydrogen) atoms. The van der Waals surface area contributed by atoms with Crippen LogP contribution < -0.4 is 0 Å². The van der Waals surface area contributed by atoms with E-state index >= 15 is 0 Å². The fourth-order valence-corrected chi connectivity index (χ4v) is 0.716. The maximum absolute atomic E-state index is 2.96. The van der Waals surface area contributed by atoms with E-state index in [9.17, 15) is 0 Å². The smallest absolute Gasteiger partial charge is 0.0586 e. The first-order valence-electron chi connectivity index (χ1n) is 2.99. The van der Waals surface area contributed by atoms with Gasteiger partial charge < -0.3 is 0 Å². The molecule has 0 bridgehead atoms. The van der Waals surface area contributed by atoms with Gasteiger partial charge in [-0.05, 0) is 12.1 Å². The highest BCUT2D eigenvalue weighted by Gasteiger charge is 1.89. The van der Waals surface area contributed by atoms with Crippen molar-refractivity contribution in [2.24, 2.45) is 0 Å². The van der Waals surface area contributed by atoms with Crippen LogP contribution in [-0.4, -0.2) is 0 Å². The molecule has 0 aliphatic heterocycles. The maximum atomic E-state index is 2.96. The summed E-state index contributed by atoms with van der Waals surface area (Å²) in [6, 6.07) is 10.1. The summed E-state index contributed by atoms with van der Waals surface area (Å²) >= 11 is 0. The lowest BCUT2D eigenvalue weighted by Gasteiger charge is -1.76. The average molecular weight is 117 g/mol. The van der Waals surface area contributed by atoms with Crippen molar-refractivity contribution in [1.29, 1.82) is 0 Å². The van der Waals surface area contributed by atoms with E-state index in [2.05, 4.69) is 18.2 Å². The summed E-state index contributed by atoms with van der Waals surface area (Å²) in [7, 11) is 0. The molecule has 0 fully saturated rings. The fraction of sp³-hybridized carbons (Fsp3) is 0.111. The van der Waals surface area contributed by atoms with Crippen LogP contribution in [0.1, 0.15) is 12.5 Å². The molecule has 1 aromatic carbocycles. The van der Waals surface area contributed by atoms with Gasteiger partial charge in [0.05, 0.1) is 13.0 Å². The van der Waals surface area contributed by atoms with Gasteiger partial charge in [0.15, 0.2) is 6.08 Å². The topological polar surface area (TPSA) is 0 Å². The lowest BCUT2D eigenvalue weighted by atomic mass is 10.2. The van der Waals surface area contributed by atoms with Gasteiger partial charge >= 0.3 is 0 Å². The summed E-state index contributed by atoms with van der Waals surface area (Å²) < 4.78 is 0. The Morgan fingerprint density at radius 3 is 2.44 bits per heavy atom. The minimum absolute atomic E-state index is 1.21. The van der Waals surface area contributed by atoms with Crippen molar-refractivity contribution in [1.82, 2.24) is 0 Å². The number of hydrogen-bond acceptors (Lipinski definition) is 0. The fourth-order valence-electron chi connectivity index (χ4n) is 0.716. The van der Waals surface area contributed by atoms with Crippen molar-refractivity contribution in [3.63, 3.8) is 0 Å². The SMILES string of the molecule is C[C+]=Cc1ccccc1. The standard InChI is InChI=1S/C9H9/c1-2-6-9-7-4-3-5-8-9/h3-8H,1H3/q+1. The first-order valence-corrected chi connectivity index (χ1v) is 2.99. The molecule has 1 aromatic rings. The van der Waals surface area contributed by atoms with E-state index < -0.39 is 0 Å². The zero-order valence-electron chi connectivity index (χ0n) is 5.46. The van der Waals surface area contributed by atoms with Crippen LogP contribution in [0.2, 0.25) is 0 Å². The van der Waals surface area contributed by atoms with Gasteiger partial charge in [-0.15, -0.1) is 0 Å². The highest BCUT2D eigenvalue weighted by molar-refractivity contribution is 5.46. The molecule has 0 saturated heterocycles. The van der Waals surface area contributed by atoms with Crippen LogP contribution in [0.5, 0.6) is 0 Å². The van der Waals surface area contributed by atoms with E-state index in [1.807, 2.05) is 31.2 Å². The Morgan fingerprint density at radius 2 is 1.89 bits per heavy atom. The molecular weight excluding hydrogens is 108 g/mol. The van der Waals surface area contributed by atoms with Crippen LogP contribution in [0.15, 0.2) is 30.3 Å². The molecule has 0 atom stereocenters. The number of benzene rings is 1. The maximum Gasteiger partial charge on any atom is 0.161 e. The summed E-state index contributed by atoms with van der Waals surface area (Å²) in [4.78, 5) is 0. The Morgan fingerprint density at radius 1 is 1.22 bits per heavy atom. The van der Waals surface area contributed by atoms with Crippen LogP contribution in [0.3, 0.4) is 0 Å². The molecule has 0 N–H and O–H groups in total. The Kier molecular flexibility index (Phi) is 2.00. The summed E-state index contributed by atoms with van der Waals surface area (Å²) in [6.07, 6.45) is 4.92. The molecule has 0 aromatic heterocycles. The van der Waals surface area contributed by atoms with Crippen molar-refractivity contribution >= 4 is 6.08 Å². The van der Waals surface area contributed by atoms with Crippen molar-refractivity contribution in [3.8, 4) is 0 Å². The van der Waals surface area contributed by atoms with Crippen LogP contribution in [-0.2, 0) is 0 Å².